The maximum absolute atomic E-state index is 11.6. The van der Waals surface area contributed by atoms with Crippen LogP contribution in [0.2, 0.25) is 0 Å². The molecule has 0 aromatic carbocycles. The lowest BCUT2D eigenvalue weighted by Crippen LogP contribution is -2.35. The highest BCUT2D eigenvalue weighted by Gasteiger charge is 2.31. The van der Waals surface area contributed by atoms with Crippen molar-refractivity contribution in [2.45, 2.75) is 44.6 Å². The zero-order chi connectivity index (χ0) is 10.6. The van der Waals surface area contributed by atoms with E-state index in [2.05, 4.69) is 29.5 Å². The van der Waals surface area contributed by atoms with Crippen molar-refractivity contribution in [3.63, 3.8) is 0 Å². The number of alkyl halides is 1. The third-order valence-corrected chi connectivity index (χ3v) is 4.75. The molecule has 0 aromatic heterocycles. The summed E-state index contributed by atoms with van der Waals surface area (Å²) in [4.78, 5) is 11.6. The first-order chi connectivity index (χ1) is 6.61. The van der Waals surface area contributed by atoms with E-state index in [0.29, 0.717) is 5.78 Å². The molecule has 3 heteroatoms. The summed E-state index contributed by atoms with van der Waals surface area (Å²) in [7, 11) is 1.74. The van der Waals surface area contributed by atoms with E-state index in [-0.39, 0.29) is 11.5 Å². The van der Waals surface area contributed by atoms with Gasteiger partial charge in [-0.3, -0.25) is 4.79 Å². The van der Waals surface area contributed by atoms with Crippen LogP contribution in [0.15, 0.2) is 0 Å². The van der Waals surface area contributed by atoms with Gasteiger partial charge in [-0.05, 0) is 26.2 Å². The van der Waals surface area contributed by atoms with E-state index in [1.165, 1.54) is 6.42 Å². The van der Waals surface area contributed by atoms with Crippen molar-refractivity contribution < 1.29 is 9.53 Å². The number of carbonyl (C=O) groups excluding carboxylic acids is 1. The van der Waals surface area contributed by atoms with Crippen LogP contribution in [0.25, 0.3) is 0 Å². The Balaban J connectivity index is 2.52. The fourth-order valence-corrected chi connectivity index (χ4v) is 2.61. The van der Waals surface area contributed by atoms with Crippen LogP contribution in [0.4, 0.5) is 0 Å². The fourth-order valence-electron chi connectivity index (χ4n) is 1.98. The summed E-state index contributed by atoms with van der Waals surface area (Å²) < 4.78 is 6.43. The zero-order valence-electron chi connectivity index (χ0n) is 9.01. The smallest absolute Gasteiger partial charge is 0.136 e. The first-order valence-electron chi connectivity index (χ1n) is 5.25. The number of methoxy groups -OCH3 is 1. The van der Waals surface area contributed by atoms with Gasteiger partial charge in [-0.1, -0.05) is 29.0 Å². The van der Waals surface area contributed by atoms with Crippen molar-refractivity contribution >= 4 is 28.4 Å². The Kier molecular flexibility index (Phi) is 4.83. The van der Waals surface area contributed by atoms with E-state index in [1.54, 1.807) is 7.11 Å². The Hall–Kier alpha value is 0.360. The highest BCUT2D eigenvalue weighted by atomic mass is 127. The third kappa shape index (κ3) is 3.19. The number of hydrogen-bond acceptors (Lipinski definition) is 2. The molecule has 0 N–H and O–H groups in total. The summed E-state index contributed by atoms with van der Waals surface area (Å²) in [6.45, 7) is 2.10. The monoisotopic (exact) mass is 310 g/mol. The summed E-state index contributed by atoms with van der Waals surface area (Å²) in [6, 6.07) is 0. The molecule has 2 unspecified atom stereocenters. The normalized spacial score (nSPS) is 27.4. The number of rotatable bonds is 4. The lowest BCUT2D eigenvalue weighted by atomic mass is 9.81. The lowest BCUT2D eigenvalue weighted by Gasteiger charge is -2.31. The fraction of sp³-hybridized carbons (Fsp3) is 0.909. The van der Waals surface area contributed by atoms with Crippen LogP contribution >= 0.6 is 22.6 Å². The van der Waals surface area contributed by atoms with E-state index in [0.717, 1.165) is 30.1 Å². The van der Waals surface area contributed by atoms with Crippen LogP contribution in [-0.4, -0.2) is 22.9 Å². The minimum Gasteiger partial charge on any atom is -0.378 e. The summed E-state index contributed by atoms with van der Waals surface area (Å²) in [5.74, 6) is 0.702. The van der Waals surface area contributed by atoms with Gasteiger partial charge in [0.25, 0.3) is 0 Å². The molecular formula is C11H19IO2. The van der Waals surface area contributed by atoms with Crippen LogP contribution in [0.1, 0.15) is 39.0 Å². The van der Waals surface area contributed by atoms with E-state index in [4.69, 9.17) is 4.74 Å². The van der Waals surface area contributed by atoms with E-state index in [9.17, 15) is 4.79 Å². The molecule has 1 rings (SSSR count). The lowest BCUT2D eigenvalue weighted by molar-refractivity contribution is -0.127. The molecule has 1 aliphatic rings. The molecule has 0 aromatic rings. The quantitative estimate of drug-likeness (QED) is 0.589. The largest absolute Gasteiger partial charge is 0.378 e. The second kappa shape index (κ2) is 5.45. The maximum atomic E-state index is 11.6. The van der Waals surface area contributed by atoms with Crippen LogP contribution in [-0.2, 0) is 9.53 Å². The molecule has 14 heavy (non-hydrogen) atoms. The Morgan fingerprint density at radius 3 is 2.79 bits per heavy atom. The van der Waals surface area contributed by atoms with E-state index in [1.807, 2.05) is 0 Å². The number of Topliss-reactive ketones (excluding diaryl/α,β-unsaturated/α-hetero) is 1. The van der Waals surface area contributed by atoms with Crippen molar-refractivity contribution in [3.8, 4) is 0 Å². The van der Waals surface area contributed by atoms with Crippen LogP contribution in [0, 0.1) is 5.92 Å². The van der Waals surface area contributed by atoms with Crippen molar-refractivity contribution in [1.29, 1.82) is 0 Å². The van der Waals surface area contributed by atoms with Gasteiger partial charge in [0, 0.05) is 23.9 Å². The summed E-state index contributed by atoms with van der Waals surface area (Å²) in [5.41, 5.74) is -0.113. The zero-order valence-corrected chi connectivity index (χ0v) is 11.2. The van der Waals surface area contributed by atoms with Gasteiger partial charge in [-0.25, -0.2) is 0 Å². The summed E-state index contributed by atoms with van der Waals surface area (Å²) in [5, 5.41) is 0. The summed E-state index contributed by atoms with van der Waals surface area (Å²) in [6.07, 6.45) is 5.03. The van der Waals surface area contributed by atoms with Crippen molar-refractivity contribution in [2.75, 3.05) is 11.5 Å². The molecule has 82 valence electrons. The summed E-state index contributed by atoms with van der Waals surface area (Å²) >= 11 is 2.33. The molecular weight excluding hydrogens is 291 g/mol. The van der Waals surface area contributed by atoms with Gasteiger partial charge in [0.05, 0.1) is 5.60 Å². The van der Waals surface area contributed by atoms with Crippen LogP contribution < -0.4 is 0 Å². The Bertz CT molecular complexity index is 199. The SMILES string of the molecule is COC(C)(CI)CC1CCCCC1=O. The third-order valence-electron chi connectivity index (χ3n) is 3.13. The predicted molar refractivity (Wildman–Crippen MR) is 65.9 cm³/mol. The topological polar surface area (TPSA) is 26.3 Å². The Morgan fingerprint density at radius 2 is 2.29 bits per heavy atom. The molecule has 0 heterocycles. The van der Waals surface area contributed by atoms with Gasteiger partial charge in [0.2, 0.25) is 0 Å². The molecule has 2 nitrogen and oxygen atoms in total. The van der Waals surface area contributed by atoms with Gasteiger partial charge in [-0.2, -0.15) is 0 Å². The Morgan fingerprint density at radius 1 is 1.57 bits per heavy atom. The first kappa shape index (κ1) is 12.4. The molecule has 1 aliphatic carbocycles. The highest BCUT2D eigenvalue weighted by Crippen LogP contribution is 2.30. The predicted octanol–water partition coefficient (Wildman–Crippen LogP) is 2.98. The molecule has 0 aliphatic heterocycles. The highest BCUT2D eigenvalue weighted by molar-refractivity contribution is 14.1. The number of carbonyl (C=O) groups is 1. The average molecular weight is 310 g/mol. The van der Waals surface area contributed by atoms with Gasteiger partial charge >= 0.3 is 0 Å². The van der Waals surface area contributed by atoms with Crippen LogP contribution in [0.5, 0.6) is 0 Å². The second-order valence-corrected chi connectivity index (χ2v) is 5.16. The number of hydrogen-bond donors (Lipinski definition) is 0. The standard InChI is InChI=1S/C11H19IO2/c1-11(8-12,14-2)7-9-5-3-4-6-10(9)13/h9H,3-8H2,1-2H3. The number of ketones is 1. The van der Waals surface area contributed by atoms with Gasteiger partial charge in [0.15, 0.2) is 0 Å². The molecule has 0 spiro atoms. The molecule has 2 atom stereocenters. The minimum atomic E-state index is -0.113. The van der Waals surface area contributed by atoms with Gasteiger partial charge in [0.1, 0.15) is 5.78 Å². The molecule has 1 saturated carbocycles. The molecule has 0 radical (unpaired) electrons. The van der Waals surface area contributed by atoms with Crippen molar-refractivity contribution in [3.05, 3.63) is 0 Å². The van der Waals surface area contributed by atoms with Gasteiger partial charge in [-0.15, -0.1) is 0 Å². The number of ether oxygens (including phenoxy) is 1. The van der Waals surface area contributed by atoms with Crippen molar-refractivity contribution in [2.24, 2.45) is 5.92 Å². The molecule has 0 saturated heterocycles. The van der Waals surface area contributed by atoms with Crippen molar-refractivity contribution in [1.82, 2.24) is 0 Å². The first-order valence-corrected chi connectivity index (χ1v) is 6.78. The average Bonchev–Trinajstić information content (AvgIpc) is 2.21. The van der Waals surface area contributed by atoms with Gasteiger partial charge < -0.3 is 4.74 Å². The second-order valence-electron chi connectivity index (χ2n) is 4.40. The maximum Gasteiger partial charge on any atom is 0.136 e. The van der Waals surface area contributed by atoms with E-state index < -0.39 is 0 Å². The van der Waals surface area contributed by atoms with E-state index >= 15 is 0 Å². The molecule has 0 amide bonds. The number of halogens is 1. The Labute approximate surface area is 99.9 Å². The van der Waals surface area contributed by atoms with Crippen LogP contribution in [0.3, 0.4) is 0 Å². The molecule has 1 fully saturated rings. The minimum absolute atomic E-state index is 0.113. The molecule has 0 bridgehead atoms.